The second-order valence-corrected chi connectivity index (χ2v) is 4.91. The van der Waals surface area contributed by atoms with Crippen molar-refractivity contribution in [3.8, 4) is 0 Å². The second kappa shape index (κ2) is 6.11. The number of carbonyl (C=O) groups is 1. The number of ether oxygens (including phenoxy) is 1. The zero-order chi connectivity index (χ0) is 14.7. The number of pyridine rings is 1. The van der Waals surface area contributed by atoms with E-state index in [2.05, 4.69) is 4.74 Å². The number of esters is 1. The largest absolute Gasteiger partial charge is 0.464 e. The molecule has 0 aliphatic rings. The van der Waals surface area contributed by atoms with Crippen molar-refractivity contribution in [3.05, 3.63) is 68.1 Å². The fraction of sp³-hybridized carbons (Fsp3) is 0.143. The van der Waals surface area contributed by atoms with Crippen molar-refractivity contribution in [2.24, 2.45) is 0 Å². The molecule has 6 heteroatoms. The van der Waals surface area contributed by atoms with Gasteiger partial charge in [-0.1, -0.05) is 29.3 Å². The van der Waals surface area contributed by atoms with E-state index in [9.17, 15) is 9.59 Å². The predicted octanol–water partition coefficient (Wildman–Crippen LogP) is 2.99. The van der Waals surface area contributed by atoms with Gasteiger partial charge in [-0.05, 0) is 29.8 Å². The molecule has 0 N–H and O–H groups in total. The van der Waals surface area contributed by atoms with Crippen LogP contribution < -0.4 is 5.56 Å². The van der Waals surface area contributed by atoms with E-state index < -0.39 is 5.97 Å². The van der Waals surface area contributed by atoms with Gasteiger partial charge in [-0.15, -0.1) is 0 Å². The Labute approximate surface area is 125 Å². The topological polar surface area (TPSA) is 48.3 Å². The van der Waals surface area contributed by atoms with E-state index in [0.717, 1.165) is 0 Å². The lowest BCUT2D eigenvalue weighted by Crippen LogP contribution is -2.26. The van der Waals surface area contributed by atoms with E-state index in [0.29, 0.717) is 15.6 Å². The third-order valence-corrected chi connectivity index (χ3v) is 3.38. The Bertz CT molecular complexity index is 710. The lowest BCUT2D eigenvalue weighted by molar-refractivity contribution is 0.0587. The molecule has 0 aliphatic carbocycles. The summed E-state index contributed by atoms with van der Waals surface area (Å²) in [5.74, 6) is -0.583. The lowest BCUT2D eigenvalue weighted by Gasteiger charge is -2.12. The van der Waals surface area contributed by atoms with Gasteiger partial charge < -0.3 is 4.74 Å². The van der Waals surface area contributed by atoms with Crippen LogP contribution in [0.15, 0.2) is 41.2 Å². The molecule has 104 valence electrons. The van der Waals surface area contributed by atoms with Crippen molar-refractivity contribution in [1.82, 2.24) is 4.57 Å². The molecule has 0 bridgehead atoms. The summed E-state index contributed by atoms with van der Waals surface area (Å²) in [6.45, 7) is 0.142. The Morgan fingerprint density at radius 3 is 2.70 bits per heavy atom. The van der Waals surface area contributed by atoms with Gasteiger partial charge in [-0.25, -0.2) is 4.79 Å². The molecule has 0 fully saturated rings. The second-order valence-electron chi connectivity index (χ2n) is 4.06. The van der Waals surface area contributed by atoms with Gasteiger partial charge >= 0.3 is 5.97 Å². The molecular weight excluding hydrogens is 301 g/mol. The maximum absolute atomic E-state index is 11.9. The Morgan fingerprint density at radius 1 is 1.25 bits per heavy atom. The summed E-state index contributed by atoms with van der Waals surface area (Å²) in [6, 6.07) is 9.35. The van der Waals surface area contributed by atoms with Crippen molar-refractivity contribution in [1.29, 1.82) is 0 Å². The molecular formula is C14H11Cl2NO3. The Kier molecular flexibility index (Phi) is 4.47. The van der Waals surface area contributed by atoms with Crippen molar-refractivity contribution in [2.75, 3.05) is 7.11 Å². The third kappa shape index (κ3) is 3.03. The molecule has 0 unspecified atom stereocenters. The smallest absolute Gasteiger partial charge is 0.354 e. The van der Waals surface area contributed by atoms with Crippen LogP contribution in [-0.2, 0) is 11.3 Å². The molecule has 0 spiro atoms. The fourth-order valence-electron chi connectivity index (χ4n) is 1.80. The number of halogens is 2. The summed E-state index contributed by atoms with van der Waals surface area (Å²) in [7, 11) is 1.26. The molecule has 0 saturated heterocycles. The molecule has 1 aromatic carbocycles. The summed E-state index contributed by atoms with van der Waals surface area (Å²) in [6.07, 6.45) is 0. The van der Waals surface area contributed by atoms with E-state index in [1.165, 1.54) is 29.9 Å². The average Bonchev–Trinajstić information content (AvgIpc) is 2.44. The summed E-state index contributed by atoms with van der Waals surface area (Å²) >= 11 is 12.0. The van der Waals surface area contributed by atoms with Crippen LogP contribution >= 0.6 is 23.2 Å². The molecule has 20 heavy (non-hydrogen) atoms. The standard InChI is InChI=1S/C14H11Cl2NO3/c1-20-14(19)12-3-2-4-13(18)17(12)8-9-7-10(15)5-6-11(9)16/h2-7H,8H2,1H3. The number of carbonyl (C=O) groups excluding carboxylic acids is 1. The summed E-state index contributed by atoms with van der Waals surface area (Å²) in [5, 5.41) is 0.981. The van der Waals surface area contributed by atoms with Crippen LogP contribution in [0.2, 0.25) is 10.0 Å². The van der Waals surface area contributed by atoms with Crippen LogP contribution in [0.3, 0.4) is 0 Å². The molecule has 1 heterocycles. The van der Waals surface area contributed by atoms with E-state index >= 15 is 0 Å². The normalized spacial score (nSPS) is 10.3. The fourth-order valence-corrected chi connectivity index (χ4v) is 2.17. The van der Waals surface area contributed by atoms with Gasteiger partial charge in [0.2, 0.25) is 0 Å². The molecule has 4 nitrogen and oxygen atoms in total. The number of hydrogen-bond acceptors (Lipinski definition) is 3. The minimum absolute atomic E-state index is 0.142. The monoisotopic (exact) mass is 311 g/mol. The van der Waals surface area contributed by atoms with Crippen LogP contribution in [-0.4, -0.2) is 17.6 Å². The number of rotatable bonds is 3. The highest BCUT2D eigenvalue weighted by Gasteiger charge is 2.13. The van der Waals surface area contributed by atoms with Gasteiger partial charge in [0.25, 0.3) is 5.56 Å². The molecule has 1 aromatic heterocycles. The van der Waals surface area contributed by atoms with Crippen LogP contribution in [0.4, 0.5) is 0 Å². The SMILES string of the molecule is COC(=O)c1cccc(=O)n1Cc1cc(Cl)ccc1Cl. The Morgan fingerprint density at radius 2 is 2.00 bits per heavy atom. The number of methoxy groups -OCH3 is 1. The molecule has 0 saturated carbocycles. The maximum atomic E-state index is 11.9. The van der Waals surface area contributed by atoms with Gasteiger partial charge in [0.1, 0.15) is 5.69 Å². The maximum Gasteiger partial charge on any atom is 0.354 e. The van der Waals surface area contributed by atoms with Crippen molar-refractivity contribution in [3.63, 3.8) is 0 Å². The number of hydrogen-bond donors (Lipinski definition) is 0. The van der Waals surface area contributed by atoms with Crippen molar-refractivity contribution >= 4 is 29.2 Å². The zero-order valence-corrected chi connectivity index (χ0v) is 12.1. The molecule has 2 aromatic rings. The van der Waals surface area contributed by atoms with Crippen LogP contribution in [0.25, 0.3) is 0 Å². The third-order valence-electron chi connectivity index (χ3n) is 2.78. The van der Waals surface area contributed by atoms with E-state index in [-0.39, 0.29) is 17.8 Å². The van der Waals surface area contributed by atoms with Gasteiger partial charge in [0.15, 0.2) is 0 Å². The Hall–Kier alpha value is -1.78. The number of nitrogens with zero attached hydrogens (tertiary/aromatic N) is 1. The first-order valence-electron chi connectivity index (χ1n) is 5.75. The minimum atomic E-state index is -0.583. The first kappa shape index (κ1) is 14.6. The van der Waals surface area contributed by atoms with Crippen molar-refractivity contribution < 1.29 is 9.53 Å². The van der Waals surface area contributed by atoms with Gasteiger partial charge in [0, 0.05) is 16.1 Å². The Balaban J connectivity index is 2.50. The lowest BCUT2D eigenvalue weighted by atomic mass is 10.2. The molecule has 0 radical (unpaired) electrons. The van der Waals surface area contributed by atoms with Gasteiger partial charge in [-0.3, -0.25) is 9.36 Å². The van der Waals surface area contributed by atoms with E-state index in [4.69, 9.17) is 23.2 Å². The van der Waals surface area contributed by atoms with Crippen molar-refractivity contribution in [2.45, 2.75) is 6.54 Å². The van der Waals surface area contributed by atoms with Crippen LogP contribution in [0.1, 0.15) is 16.1 Å². The minimum Gasteiger partial charge on any atom is -0.464 e. The first-order valence-corrected chi connectivity index (χ1v) is 6.50. The summed E-state index contributed by atoms with van der Waals surface area (Å²) in [5.41, 5.74) is 0.498. The van der Waals surface area contributed by atoms with Gasteiger partial charge in [-0.2, -0.15) is 0 Å². The van der Waals surface area contributed by atoms with Crippen LogP contribution in [0, 0.1) is 0 Å². The molecule has 0 aliphatic heterocycles. The number of benzene rings is 1. The van der Waals surface area contributed by atoms with E-state index in [1.54, 1.807) is 18.2 Å². The average molecular weight is 312 g/mol. The van der Waals surface area contributed by atoms with Gasteiger partial charge in [0.05, 0.1) is 13.7 Å². The van der Waals surface area contributed by atoms with Crippen LogP contribution in [0.5, 0.6) is 0 Å². The number of aromatic nitrogens is 1. The quantitative estimate of drug-likeness (QED) is 0.819. The summed E-state index contributed by atoms with van der Waals surface area (Å²) < 4.78 is 5.96. The predicted molar refractivity (Wildman–Crippen MR) is 77.6 cm³/mol. The highest BCUT2D eigenvalue weighted by atomic mass is 35.5. The molecule has 0 amide bonds. The summed E-state index contributed by atoms with van der Waals surface area (Å²) in [4.78, 5) is 23.6. The molecule has 0 atom stereocenters. The highest BCUT2D eigenvalue weighted by Crippen LogP contribution is 2.21. The highest BCUT2D eigenvalue weighted by molar-refractivity contribution is 6.33. The first-order chi connectivity index (χ1) is 9.52. The van der Waals surface area contributed by atoms with E-state index in [1.807, 2.05) is 0 Å². The zero-order valence-electron chi connectivity index (χ0n) is 10.6. The molecule has 2 rings (SSSR count).